The Morgan fingerprint density at radius 3 is 2.29 bits per heavy atom. The normalized spacial score (nSPS) is 13.3. The smallest absolute Gasteiger partial charge is 0.322 e. The highest BCUT2D eigenvalue weighted by Crippen LogP contribution is 2.27. The Hall–Kier alpha value is -2.86. The summed E-state index contributed by atoms with van der Waals surface area (Å²) in [4.78, 5) is 24.8. The summed E-state index contributed by atoms with van der Waals surface area (Å²) in [5.74, 6) is -2.14. The van der Waals surface area contributed by atoms with Crippen molar-refractivity contribution < 1.29 is 23.8 Å². The number of ether oxygens (including phenoxy) is 3. The predicted octanol–water partition coefficient (Wildman–Crippen LogP) is 3.40. The van der Waals surface area contributed by atoms with E-state index in [-0.39, 0.29) is 0 Å². The second-order valence-electron chi connectivity index (χ2n) is 7.41. The first kappa shape index (κ1) is 21.4. The van der Waals surface area contributed by atoms with Crippen LogP contribution >= 0.6 is 0 Å². The second kappa shape index (κ2) is 9.37. The summed E-state index contributed by atoms with van der Waals surface area (Å²) in [6, 6.07) is 15.8. The number of nitrogens with two attached hydrogens (primary N) is 1. The van der Waals surface area contributed by atoms with Crippen molar-refractivity contribution >= 4 is 11.9 Å². The zero-order chi connectivity index (χ0) is 20.7. The first-order chi connectivity index (χ1) is 13.2. The number of methoxy groups -OCH3 is 1. The van der Waals surface area contributed by atoms with E-state index in [4.69, 9.17) is 19.9 Å². The lowest BCUT2D eigenvalue weighted by Gasteiger charge is -2.26. The molecule has 0 heterocycles. The second-order valence-corrected chi connectivity index (χ2v) is 7.41. The summed E-state index contributed by atoms with van der Waals surface area (Å²) in [5, 5.41) is 0. The highest BCUT2D eigenvalue weighted by molar-refractivity contribution is 5.96. The van der Waals surface area contributed by atoms with Crippen LogP contribution in [-0.4, -0.2) is 24.6 Å². The zero-order valence-electron chi connectivity index (χ0n) is 16.7. The molecule has 0 aromatic heterocycles. The molecular formula is C22H27NO5. The van der Waals surface area contributed by atoms with Gasteiger partial charge >= 0.3 is 11.9 Å². The fourth-order valence-electron chi connectivity index (χ4n) is 2.63. The van der Waals surface area contributed by atoms with Crippen LogP contribution in [0.3, 0.4) is 0 Å². The highest BCUT2D eigenvalue weighted by Gasteiger charge is 2.38. The number of carbonyl (C=O) groups is 2. The molecule has 0 aliphatic rings. The molecule has 0 aliphatic heterocycles. The van der Waals surface area contributed by atoms with Crippen molar-refractivity contribution in [2.75, 3.05) is 7.11 Å². The molecule has 0 aliphatic carbocycles. The van der Waals surface area contributed by atoms with Crippen molar-refractivity contribution in [2.24, 2.45) is 11.7 Å². The third-order valence-corrected chi connectivity index (χ3v) is 3.97. The number of rotatable bonds is 7. The van der Waals surface area contributed by atoms with E-state index >= 15 is 0 Å². The average molecular weight is 385 g/mol. The largest absolute Gasteiger partial charge is 0.489 e. The molecule has 6 nitrogen and oxygen atoms in total. The van der Waals surface area contributed by atoms with Gasteiger partial charge in [-0.15, -0.1) is 0 Å². The highest BCUT2D eigenvalue weighted by atomic mass is 16.6. The summed E-state index contributed by atoms with van der Waals surface area (Å²) >= 11 is 0. The van der Waals surface area contributed by atoms with Gasteiger partial charge in [-0.2, -0.15) is 0 Å². The number of hydrogen-bond donors (Lipinski definition) is 1. The van der Waals surface area contributed by atoms with Gasteiger partial charge in [0.25, 0.3) is 0 Å². The van der Waals surface area contributed by atoms with Crippen LogP contribution in [0.5, 0.6) is 5.75 Å². The number of carbonyl (C=O) groups excluding carboxylic acids is 2. The molecule has 6 heteroatoms. The van der Waals surface area contributed by atoms with Crippen LogP contribution in [0.15, 0.2) is 54.6 Å². The monoisotopic (exact) mass is 385 g/mol. The minimum atomic E-state index is -1.27. The van der Waals surface area contributed by atoms with Gasteiger partial charge in [0, 0.05) is 0 Å². The summed E-state index contributed by atoms with van der Waals surface area (Å²) < 4.78 is 15.9. The Bertz CT molecular complexity index is 798. The Labute approximate surface area is 165 Å². The van der Waals surface area contributed by atoms with Crippen molar-refractivity contribution in [1.82, 2.24) is 0 Å². The zero-order valence-corrected chi connectivity index (χ0v) is 16.7. The lowest BCUT2D eigenvalue weighted by molar-refractivity contribution is -0.169. The minimum absolute atomic E-state index is 0.395. The molecule has 0 spiro atoms. The maximum absolute atomic E-state index is 12.5. The maximum Gasteiger partial charge on any atom is 0.322 e. The third-order valence-electron chi connectivity index (χ3n) is 3.97. The van der Waals surface area contributed by atoms with E-state index in [1.165, 1.54) is 7.11 Å². The van der Waals surface area contributed by atoms with Gasteiger partial charge in [-0.25, -0.2) is 0 Å². The molecule has 0 saturated carbocycles. The topological polar surface area (TPSA) is 87.9 Å². The van der Waals surface area contributed by atoms with Gasteiger partial charge in [0.15, 0.2) is 5.92 Å². The summed E-state index contributed by atoms with van der Waals surface area (Å²) in [6.45, 7) is 5.57. The molecule has 0 saturated heterocycles. The lowest BCUT2D eigenvalue weighted by Crippen LogP contribution is -2.39. The van der Waals surface area contributed by atoms with E-state index in [2.05, 4.69) is 0 Å². The first-order valence-electron chi connectivity index (χ1n) is 9.04. The standard InChI is InChI=1S/C22H27NO5/c1-22(2,3)28-21(25)18(20(24)26-4)19(23)16-11-8-12-17(13-16)27-14-15-9-6-5-7-10-15/h5-13,18-19H,14,23H2,1-4H3. The van der Waals surface area contributed by atoms with E-state index in [0.717, 1.165) is 5.56 Å². The Morgan fingerprint density at radius 1 is 1.00 bits per heavy atom. The number of benzene rings is 2. The van der Waals surface area contributed by atoms with Crippen LogP contribution in [0.2, 0.25) is 0 Å². The molecule has 150 valence electrons. The molecule has 0 fully saturated rings. The Balaban J connectivity index is 2.18. The number of hydrogen-bond acceptors (Lipinski definition) is 6. The molecule has 2 rings (SSSR count). The third kappa shape index (κ3) is 6.09. The van der Waals surface area contributed by atoms with Gasteiger partial charge in [-0.3, -0.25) is 9.59 Å². The summed E-state index contributed by atoms with van der Waals surface area (Å²) in [7, 11) is 1.21. The van der Waals surface area contributed by atoms with Crippen molar-refractivity contribution in [1.29, 1.82) is 0 Å². The van der Waals surface area contributed by atoms with Crippen LogP contribution in [0.1, 0.15) is 37.9 Å². The van der Waals surface area contributed by atoms with Gasteiger partial charge in [-0.1, -0.05) is 42.5 Å². The molecule has 2 aromatic carbocycles. The summed E-state index contributed by atoms with van der Waals surface area (Å²) in [5.41, 5.74) is 7.11. The van der Waals surface area contributed by atoms with Gasteiger partial charge in [0.05, 0.1) is 13.2 Å². The number of esters is 2. The first-order valence-corrected chi connectivity index (χ1v) is 9.04. The molecular weight excluding hydrogens is 358 g/mol. The van der Waals surface area contributed by atoms with E-state index in [1.54, 1.807) is 45.0 Å². The minimum Gasteiger partial charge on any atom is -0.489 e. The molecule has 2 unspecified atom stereocenters. The molecule has 0 bridgehead atoms. The molecule has 2 atom stereocenters. The predicted molar refractivity (Wildman–Crippen MR) is 105 cm³/mol. The summed E-state index contributed by atoms with van der Waals surface area (Å²) in [6.07, 6.45) is 0. The SMILES string of the molecule is COC(=O)C(C(=O)OC(C)(C)C)C(N)c1cccc(OCc2ccccc2)c1. The van der Waals surface area contributed by atoms with E-state index < -0.39 is 29.5 Å². The van der Waals surface area contributed by atoms with Crippen molar-refractivity contribution in [3.63, 3.8) is 0 Å². The van der Waals surface area contributed by atoms with E-state index in [0.29, 0.717) is 17.9 Å². The molecule has 2 N–H and O–H groups in total. The van der Waals surface area contributed by atoms with Crippen LogP contribution in [-0.2, 0) is 25.7 Å². The van der Waals surface area contributed by atoms with Crippen molar-refractivity contribution in [2.45, 2.75) is 39.0 Å². The Morgan fingerprint density at radius 2 is 1.68 bits per heavy atom. The van der Waals surface area contributed by atoms with E-state index in [1.807, 2.05) is 30.3 Å². The Kier molecular flexibility index (Phi) is 7.18. The fourth-order valence-corrected chi connectivity index (χ4v) is 2.63. The van der Waals surface area contributed by atoms with Gasteiger partial charge in [-0.05, 0) is 44.0 Å². The van der Waals surface area contributed by atoms with Crippen molar-refractivity contribution in [3.8, 4) is 5.75 Å². The quantitative estimate of drug-likeness (QED) is 0.581. The van der Waals surface area contributed by atoms with Crippen LogP contribution in [0.25, 0.3) is 0 Å². The molecule has 2 aromatic rings. The fraction of sp³-hybridized carbons (Fsp3) is 0.364. The average Bonchev–Trinajstić information content (AvgIpc) is 2.66. The van der Waals surface area contributed by atoms with Crippen LogP contribution in [0, 0.1) is 5.92 Å². The van der Waals surface area contributed by atoms with Gasteiger partial charge in [0.1, 0.15) is 18.0 Å². The lowest BCUT2D eigenvalue weighted by atomic mass is 9.93. The van der Waals surface area contributed by atoms with Gasteiger partial charge in [0.2, 0.25) is 0 Å². The molecule has 0 amide bonds. The van der Waals surface area contributed by atoms with Crippen molar-refractivity contribution in [3.05, 3.63) is 65.7 Å². The molecule has 28 heavy (non-hydrogen) atoms. The van der Waals surface area contributed by atoms with Crippen LogP contribution < -0.4 is 10.5 Å². The van der Waals surface area contributed by atoms with Crippen LogP contribution in [0.4, 0.5) is 0 Å². The van der Waals surface area contributed by atoms with Gasteiger partial charge < -0.3 is 19.9 Å². The maximum atomic E-state index is 12.5. The van der Waals surface area contributed by atoms with E-state index in [9.17, 15) is 9.59 Å². The molecule has 0 radical (unpaired) electrons.